The van der Waals surface area contributed by atoms with Crippen molar-refractivity contribution in [1.82, 2.24) is 20.6 Å². The lowest BCUT2D eigenvalue weighted by Gasteiger charge is -2.06. The van der Waals surface area contributed by atoms with E-state index in [0.29, 0.717) is 12.2 Å². The van der Waals surface area contributed by atoms with Crippen molar-refractivity contribution in [2.45, 2.75) is 11.3 Å². The second kappa shape index (κ2) is 5.48. The maximum absolute atomic E-state index is 5.25. The summed E-state index contributed by atoms with van der Waals surface area (Å²) in [6.45, 7) is 0. The summed E-state index contributed by atoms with van der Waals surface area (Å²) >= 11 is 2.24. The normalized spacial score (nSPS) is 10.4. The van der Waals surface area contributed by atoms with Crippen LogP contribution in [0, 0.1) is 0 Å². The second-order valence-electron chi connectivity index (χ2n) is 3.07. The maximum Gasteiger partial charge on any atom is 0.178 e. The van der Waals surface area contributed by atoms with Gasteiger partial charge in [-0.05, 0) is 26.6 Å². The molecule has 0 atom stereocenters. The number of nitrogens with zero attached hydrogens (tertiary/aromatic N) is 3. The molecule has 1 aromatic heterocycles. The molecule has 0 radical (unpaired) electrons. The molecule has 0 spiro atoms. The minimum absolute atomic E-state index is 0.671. The van der Waals surface area contributed by atoms with E-state index >= 15 is 0 Å². The Morgan fingerprint density at radius 2 is 2.38 bits per heavy atom. The summed E-state index contributed by atoms with van der Waals surface area (Å²) in [7, 11) is 3.30. The van der Waals surface area contributed by atoms with Gasteiger partial charge in [0.15, 0.2) is 5.82 Å². The average molecular weight is 348 g/mol. The van der Waals surface area contributed by atoms with Crippen LogP contribution in [0.15, 0.2) is 23.1 Å². The quantitative estimate of drug-likeness (QED) is 0.859. The molecule has 16 heavy (non-hydrogen) atoms. The molecule has 7 heteroatoms. The van der Waals surface area contributed by atoms with Gasteiger partial charge in [-0.2, -0.15) is 5.21 Å². The highest BCUT2D eigenvalue weighted by Gasteiger charge is 2.06. The lowest BCUT2D eigenvalue weighted by Crippen LogP contribution is -1.93. The van der Waals surface area contributed by atoms with Crippen LogP contribution in [0.5, 0.6) is 5.75 Å². The van der Waals surface area contributed by atoms with Gasteiger partial charge in [0.05, 0.1) is 12.0 Å². The van der Waals surface area contributed by atoms with E-state index in [0.717, 1.165) is 16.2 Å². The molecule has 84 valence electrons. The van der Waals surface area contributed by atoms with Crippen molar-refractivity contribution < 1.29 is 4.74 Å². The largest absolute Gasteiger partial charge is 0.496 e. The van der Waals surface area contributed by atoms with Crippen LogP contribution in [0.25, 0.3) is 0 Å². The minimum Gasteiger partial charge on any atom is -0.496 e. The van der Waals surface area contributed by atoms with Gasteiger partial charge >= 0.3 is 0 Å². The Morgan fingerprint density at radius 1 is 1.50 bits per heavy atom. The fourth-order valence-corrected chi connectivity index (χ4v) is 2.79. The predicted octanol–water partition coefficient (Wildman–Crippen LogP) is 2.24. The van der Waals surface area contributed by atoms with Gasteiger partial charge in [-0.1, -0.05) is 11.3 Å². The smallest absolute Gasteiger partial charge is 0.178 e. The number of rotatable bonds is 4. The summed E-state index contributed by atoms with van der Waals surface area (Å²) < 4.78 is 5.25. The van der Waals surface area contributed by atoms with Crippen molar-refractivity contribution in [1.29, 1.82) is 0 Å². The van der Waals surface area contributed by atoms with Crippen molar-refractivity contribution in [3.8, 4) is 5.75 Å². The summed E-state index contributed by atoms with van der Waals surface area (Å²) in [4.78, 5) is 1.10. The van der Waals surface area contributed by atoms with E-state index in [1.165, 1.54) is 0 Å². The Kier molecular flexibility index (Phi) is 3.99. The van der Waals surface area contributed by atoms with Gasteiger partial charge in [-0.15, -0.1) is 10.2 Å². The van der Waals surface area contributed by atoms with Crippen molar-refractivity contribution in [3.63, 3.8) is 0 Å². The number of aromatic nitrogens is 4. The van der Waals surface area contributed by atoms with Gasteiger partial charge < -0.3 is 4.74 Å². The summed E-state index contributed by atoms with van der Waals surface area (Å²) in [5, 5.41) is 13.8. The highest BCUT2D eigenvalue weighted by molar-refractivity contribution is 14.2. The molecule has 0 bridgehead atoms. The molecule has 1 heterocycles. The molecule has 0 fully saturated rings. The van der Waals surface area contributed by atoms with Crippen LogP contribution in [-0.4, -0.2) is 27.7 Å². The summed E-state index contributed by atoms with van der Waals surface area (Å²) in [5.74, 6) is 1.57. The molecule has 1 aromatic carbocycles. The first-order chi connectivity index (χ1) is 7.83. The minimum atomic E-state index is 0.671. The standard InChI is InChI=1S/C9H9IN4OS/c1-15-7-3-2-6(4-8(7)16-10)5-9-11-13-14-12-9/h2-4H,5H2,1H3,(H,11,12,13,14). The predicted molar refractivity (Wildman–Crippen MR) is 69.9 cm³/mol. The van der Waals surface area contributed by atoms with Crippen LogP contribution >= 0.6 is 30.1 Å². The molecular weight excluding hydrogens is 339 g/mol. The Hall–Kier alpha value is -0.830. The summed E-state index contributed by atoms with van der Waals surface area (Å²) in [6.07, 6.45) is 0.671. The van der Waals surface area contributed by atoms with Gasteiger partial charge in [0, 0.05) is 27.6 Å². The number of H-pyrrole nitrogens is 1. The van der Waals surface area contributed by atoms with Gasteiger partial charge in [0.1, 0.15) is 5.75 Å². The third kappa shape index (κ3) is 2.64. The number of halogens is 1. The van der Waals surface area contributed by atoms with E-state index in [9.17, 15) is 0 Å². The van der Waals surface area contributed by atoms with Gasteiger partial charge in [-0.25, -0.2) is 0 Å². The van der Waals surface area contributed by atoms with E-state index in [-0.39, 0.29) is 0 Å². The lowest BCUT2D eigenvalue weighted by molar-refractivity contribution is 0.405. The van der Waals surface area contributed by atoms with Gasteiger partial charge in [-0.3, -0.25) is 0 Å². The Labute approximate surface area is 109 Å². The van der Waals surface area contributed by atoms with Gasteiger partial charge in [0.2, 0.25) is 0 Å². The van der Waals surface area contributed by atoms with E-state index in [4.69, 9.17) is 4.74 Å². The molecule has 0 saturated carbocycles. The molecule has 0 saturated heterocycles. The SMILES string of the molecule is COc1ccc(Cc2nn[nH]n2)cc1SI. The summed E-state index contributed by atoms with van der Waals surface area (Å²) in [5.41, 5.74) is 1.14. The first-order valence-electron chi connectivity index (χ1n) is 4.51. The maximum atomic E-state index is 5.25. The number of methoxy groups -OCH3 is 1. The number of aromatic amines is 1. The topological polar surface area (TPSA) is 63.7 Å². The molecule has 0 amide bonds. The van der Waals surface area contributed by atoms with E-state index in [1.807, 2.05) is 12.1 Å². The molecule has 0 aliphatic heterocycles. The first-order valence-corrected chi connectivity index (χ1v) is 7.87. The monoisotopic (exact) mass is 348 g/mol. The first kappa shape index (κ1) is 11.6. The van der Waals surface area contributed by atoms with E-state index in [1.54, 1.807) is 16.0 Å². The second-order valence-corrected chi connectivity index (χ2v) is 4.98. The number of tetrazole rings is 1. The Balaban J connectivity index is 2.22. The van der Waals surface area contributed by atoms with Crippen molar-refractivity contribution in [2.75, 3.05) is 7.11 Å². The molecule has 0 aliphatic rings. The zero-order valence-electron chi connectivity index (χ0n) is 8.48. The highest BCUT2D eigenvalue weighted by atomic mass is 127. The Bertz CT molecular complexity index is 463. The number of ether oxygens (including phenoxy) is 1. The number of hydrogen-bond donors (Lipinski definition) is 1. The van der Waals surface area contributed by atoms with Crippen LogP contribution in [0.3, 0.4) is 0 Å². The molecular formula is C9H9IN4OS. The zero-order valence-corrected chi connectivity index (χ0v) is 11.4. The number of hydrogen-bond acceptors (Lipinski definition) is 5. The van der Waals surface area contributed by atoms with Crippen LogP contribution in [0.4, 0.5) is 0 Å². The fourth-order valence-electron chi connectivity index (χ4n) is 1.33. The van der Waals surface area contributed by atoms with Crippen LogP contribution in [0.1, 0.15) is 11.4 Å². The molecule has 0 unspecified atom stereocenters. The van der Waals surface area contributed by atoms with E-state index < -0.39 is 0 Å². The Morgan fingerprint density at radius 3 is 3.00 bits per heavy atom. The molecule has 0 aliphatic carbocycles. The molecule has 2 aromatic rings. The average Bonchev–Trinajstić information content (AvgIpc) is 2.81. The highest BCUT2D eigenvalue weighted by Crippen LogP contribution is 2.34. The third-order valence-corrected chi connectivity index (χ3v) is 3.97. The zero-order chi connectivity index (χ0) is 11.4. The third-order valence-electron chi connectivity index (χ3n) is 2.06. The van der Waals surface area contributed by atoms with Crippen molar-refractivity contribution >= 4 is 30.1 Å². The van der Waals surface area contributed by atoms with Crippen LogP contribution < -0.4 is 4.74 Å². The van der Waals surface area contributed by atoms with Crippen molar-refractivity contribution in [3.05, 3.63) is 29.6 Å². The summed E-state index contributed by atoms with van der Waals surface area (Å²) in [6, 6.07) is 6.04. The number of nitrogens with one attached hydrogen (secondary N) is 1. The van der Waals surface area contributed by atoms with Crippen molar-refractivity contribution in [2.24, 2.45) is 0 Å². The van der Waals surface area contributed by atoms with E-state index in [2.05, 4.69) is 47.9 Å². The van der Waals surface area contributed by atoms with Crippen LogP contribution in [-0.2, 0) is 6.42 Å². The lowest BCUT2D eigenvalue weighted by atomic mass is 10.1. The molecule has 1 N–H and O–H groups in total. The van der Waals surface area contributed by atoms with Crippen LogP contribution in [0.2, 0.25) is 0 Å². The molecule has 5 nitrogen and oxygen atoms in total. The van der Waals surface area contributed by atoms with Gasteiger partial charge in [0.25, 0.3) is 0 Å². The molecule has 2 rings (SSSR count). The number of benzene rings is 1. The fraction of sp³-hybridized carbons (Fsp3) is 0.222.